The van der Waals surface area contributed by atoms with E-state index in [9.17, 15) is 4.80 Å². The van der Waals surface area contributed by atoms with Crippen LogP contribution in [0.1, 0.15) is 64.2 Å². The van der Waals surface area contributed by atoms with Crippen LogP contribution in [-0.4, -0.2) is 14.6 Å². The minimum atomic E-state index is 0.211. The van der Waals surface area contributed by atoms with E-state index >= 15 is 0 Å². The van der Waals surface area contributed by atoms with Crippen molar-refractivity contribution in [3.05, 3.63) is 0 Å². The van der Waals surface area contributed by atoms with E-state index in [0.29, 0.717) is 5.54 Å². The van der Waals surface area contributed by atoms with Gasteiger partial charge in [0.25, 0.3) is 0 Å². The average molecular weight is 224 g/mol. The summed E-state index contributed by atoms with van der Waals surface area (Å²) in [7, 11) is 0.211. The van der Waals surface area contributed by atoms with E-state index in [1.165, 1.54) is 64.2 Å². The van der Waals surface area contributed by atoms with Crippen LogP contribution in [0.25, 0.3) is 0 Å². The lowest BCUT2D eigenvalue weighted by Gasteiger charge is -2.36. The lowest BCUT2D eigenvalue weighted by molar-refractivity contribution is 0.234. The van der Waals surface area contributed by atoms with Gasteiger partial charge in [0.2, 0.25) is 9.76 Å². The molecule has 2 rings (SSSR count). The predicted octanol–water partition coefficient (Wildman–Crippen LogP) is 3.55. The van der Waals surface area contributed by atoms with Gasteiger partial charge in [-0.2, -0.15) is 0 Å². The molecule has 0 aromatic rings. The first kappa shape index (κ1) is 11.7. The van der Waals surface area contributed by atoms with E-state index in [4.69, 9.17) is 0 Å². The SMILES string of the molecule is O[Si]C(C1CCCCC1)C1CCCCC1. The highest BCUT2D eigenvalue weighted by Crippen LogP contribution is 2.42. The summed E-state index contributed by atoms with van der Waals surface area (Å²) in [6.07, 6.45) is 14.1. The van der Waals surface area contributed by atoms with Crippen LogP contribution in [0.15, 0.2) is 0 Å². The van der Waals surface area contributed by atoms with Crippen molar-refractivity contribution in [3.8, 4) is 0 Å². The van der Waals surface area contributed by atoms with Crippen LogP contribution in [0.4, 0.5) is 0 Å². The molecule has 2 aliphatic carbocycles. The fourth-order valence-electron chi connectivity index (χ4n) is 3.58. The van der Waals surface area contributed by atoms with Crippen LogP contribution in [0.2, 0.25) is 5.54 Å². The smallest absolute Gasteiger partial charge is 0.228 e. The Morgan fingerprint density at radius 2 is 1.13 bits per heavy atom. The molecule has 2 aliphatic rings. The van der Waals surface area contributed by atoms with E-state index in [1.807, 2.05) is 0 Å². The zero-order valence-electron chi connectivity index (χ0n) is 9.75. The summed E-state index contributed by atoms with van der Waals surface area (Å²) in [5.74, 6) is 1.73. The minimum Gasteiger partial charge on any atom is -0.431 e. The molecule has 0 unspecified atom stereocenters. The van der Waals surface area contributed by atoms with Gasteiger partial charge in [0.05, 0.1) is 0 Å². The molecule has 0 heterocycles. The van der Waals surface area contributed by atoms with E-state index in [2.05, 4.69) is 0 Å². The first-order valence-corrected chi connectivity index (χ1v) is 7.84. The maximum atomic E-state index is 9.66. The Morgan fingerprint density at radius 3 is 1.47 bits per heavy atom. The zero-order valence-corrected chi connectivity index (χ0v) is 10.8. The fraction of sp³-hybridized carbons (Fsp3) is 1.00. The quantitative estimate of drug-likeness (QED) is 0.727. The summed E-state index contributed by atoms with van der Waals surface area (Å²) in [5.41, 5.74) is 0.672. The van der Waals surface area contributed by atoms with Crippen LogP contribution < -0.4 is 0 Å². The van der Waals surface area contributed by atoms with Gasteiger partial charge in [-0.25, -0.2) is 0 Å². The van der Waals surface area contributed by atoms with Gasteiger partial charge >= 0.3 is 0 Å². The molecule has 0 amide bonds. The van der Waals surface area contributed by atoms with Crippen LogP contribution in [0.5, 0.6) is 0 Å². The summed E-state index contributed by atoms with van der Waals surface area (Å²) in [6, 6.07) is 0. The summed E-state index contributed by atoms with van der Waals surface area (Å²) in [4.78, 5) is 9.66. The normalized spacial score (nSPS) is 26.0. The molecule has 86 valence electrons. The molecule has 0 aliphatic heterocycles. The van der Waals surface area contributed by atoms with E-state index in [-0.39, 0.29) is 9.76 Å². The molecule has 0 bridgehead atoms. The summed E-state index contributed by atoms with van der Waals surface area (Å²) in [6.45, 7) is 0. The molecule has 1 N–H and O–H groups in total. The first-order valence-electron chi connectivity index (χ1n) is 6.81. The van der Waals surface area contributed by atoms with Crippen molar-refractivity contribution in [2.24, 2.45) is 11.8 Å². The minimum absolute atomic E-state index is 0.211. The zero-order chi connectivity index (χ0) is 10.5. The number of rotatable bonds is 3. The Hall–Kier alpha value is 0.177. The maximum absolute atomic E-state index is 9.66. The molecule has 0 spiro atoms. The van der Waals surface area contributed by atoms with E-state index in [0.717, 1.165) is 11.8 Å². The predicted molar refractivity (Wildman–Crippen MR) is 64.9 cm³/mol. The van der Waals surface area contributed by atoms with Gasteiger partial charge in [-0.05, 0) is 17.4 Å². The Bertz CT molecular complexity index is 153. The summed E-state index contributed by atoms with van der Waals surface area (Å²) in [5, 5.41) is 0. The molecule has 15 heavy (non-hydrogen) atoms. The van der Waals surface area contributed by atoms with Gasteiger partial charge in [-0.3, -0.25) is 0 Å². The van der Waals surface area contributed by atoms with E-state index < -0.39 is 0 Å². The van der Waals surface area contributed by atoms with Crippen molar-refractivity contribution in [1.82, 2.24) is 0 Å². The third-order valence-corrected chi connectivity index (χ3v) is 5.71. The Morgan fingerprint density at radius 1 is 0.733 bits per heavy atom. The largest absolute Gasteiger partial charge is 0.431 e. The third-order valence-electron chi connectivity index (χ3n) is 4.46. The molecule has 0 saturated heterocycles. The lowest BCUT2D eigenvalue weighted by Crippen LogP contribution is -2.26. The highest BCUT2D eigenvalue weighted by atomic mass is 28.2. The Kier molecular flexibility index (Phi) is 4.70. The highest BCUT2D eigenvalue weighted by Gasteiger charge is 2.31. The molecule has 0 aromatic heterocycles. The van der Waals surface area contributed by atoms with Crippen molar-refractivity contribution < 1.29 is 4.80 Å². The van der Waals surface area contributed by atoms with Crippen LogP contribution in [-0.2, 0) is 0 Å². The van der Waals surface area contributed by atoms with Crippen molar-refractivity contribution in [3.63, 3.8) is 0 Å². The lowest BCUT2D eigenvalue weighted by atomic mass is 9.77. The molecule has 1 nitrogen and oxygen atoms in total. The summed E-state index contributed by atoms with van der Waals surface area (Å²) >= 11 is 0. The Labute approximate surface area is 96.6 Å². The molecule has 2 radical (unpaired) electrons. The van der Waals surface area contributed by atoms with Crippen molar-refractivity contribution in [2.75, 3.05) is 0 Å². The van der Waals surface area contributed by atoms with Crippen molar-refractivity contribution in [2.45, 2.75) is 69.7 Å². The summed E-state index contributed by atoms with van der Waals surface area (Å²) < 4.78 is 0. The molecule has 0 aromatic carbocycles. The second-order valence-electron chi connectivity index (χ2n) is 5.45. The van der Waals surface area contributed by atoms with Gasteiger partial charge in [0.15, 0.2) is 0 Å². The molecular formula is C13H24OSi. The van der Waals surface area contributed by atoms with Gasteiger partial charge in [-0.1, -0.05) is 64.2 Å². The van der Waals surface area contributed by atoms with Gasteiger partial charge < -0.3 is 4.80 Å². The van der Waals surface area contributed by atoms with Crippen molar-refractivity contribution >= 4 is 9.76 Å². The first-order chi connectivity index (χ1) is 7.42. The number of hydrogen-bond acceptors (Lipinski definition) is 1. The molecule has 0 atom stereocenters. The van der Waals surface area contributed by atoms with Gasteiger partial charge in [0, 0.05) is 0 Å². The van der Waals surface area contributed by atoms with Crippen LogP contribution >= 0.6 is 0 Å². The Balaban J connectivity index is 1.88. The topological polar surface area (TPSA) is 20.2 Å². The molecule has 2 fully saturated rings. The fourth-order valence-corrected chi connectivity index (χ4v) is 4.67. The van der Waals surface area contributed by atoms with Gasteiger partial charge in [0.1, 0.15) is 0 Å². The van der Waals surface area contributed by atoms with Crippen molar-refractivity contribution in [1.29, 1.82) is 0 Å². The number of hydrogen-bond donors (Lipinski definition) is 1. The van der Waals surface area contributed by atoms with Crippen LogP contribution in [0, 0.1) is 11.8 Å². The monoisotopic (exact) mass is 224 g/mol. The maximum Gasteiger partial charge on any atom is 0.228 e. The van der Waals surface area contributed by atoms with Crippen LogP contribution in [0.3, 0.4) is 0 Å². The highest BCUT2D eigenvalue weighted by molar-refractivity contribution is 6.28. The van der Waals surface area contributed by atoms with Gasteiger partial charge in [-0.15, -0.1) is 0 Å². The average Bonchev–Trinajstić information content (AvgIpc) is 2.33. The third kappa shape index (κ3) is 3.07. The molecule has 2 saturated carbocycles. The molecular weight excluding hydrogens is 200 g/mol. The molecule has 2 heteroatoms. The second-order valence-corrected chi connectivity index (χ2v) is 6.38. The van der Waals surface area contributed by atoms with E-state index in [1.54, 1.807) is 0 Å². The standard InChI is InChI=1S/C13H24OSi/c14-15-13(11-7-3-1-4-8-11)12-9-5-2-6-10-12/h11-14H,1-10H2. The second kappa shape index (κ2) is 6.05.